The number of benzene rings is 2. The summed E-state index contributed by atoms with van der Waals surface area (Å²) in [5, 5.41) is 13.7. The predicted molar refractivity (Wildman–Crippen MR) is 110 cm³/mol. The molecule has 140 valence electrons. The maximum atomic E-state index is 12.4. The van der Waals surface area contributed by atoms with Crippen molar-refractivity contribution in [2.45, 2.75) is 25.8 Å². The van der Waals surface area contributed by atoms with Gasteiger partial charge in [0.15, 0.2) is 0 Å². The van der Waals surface area contributed by atoms with E-state index in [1.54, 1.807) is 11.0 Å². The van der Waals surface area contributed by atoms with Gasteiger partial charge in [-0.1, -0.05) is 12.1 Å². The number of anilines is 1. The van der Waals surface area contributed by atoms with E-state index < -0.39 is 4.92 Å². The first-order chi connectivity index (χ1) is 13.0. The van der Waals surface area contributed by atoms with E-state index in [1.807, 2.05) is 46.9 Å². The number of hydrogen-bond donors (Lipinski definition) is 1. The third kappa shape index (κ3) is 4.62. The highest BCUT2D eigenvalue weighted by atomic mass is 127. The van der Waals surface area contributed by atoms with Crippen molar-refractivity contribution in [1.29, 1.82) is 0 Å². The lowest BCUT2D eigenvalue weighted by Gasteiger charge is -2.27. The summed E-state index contributed by atoms with van der Waals surface area (Å²) in [4.78, 5) is 36.7. The molecule has 2 aromatic carbocycles. The summed E-state index contributed by atoms with van der Waals surface area (Å²) < 4.78 is 0.642. The van der Waals surface area contributed by atoms with Crippen molar-refractivity contribution in [3.8, 4) is 0 Å². The molecule has 7 nitrogen and oxygen atoms in total. The van der Waals surface area contributed by atoms with Gasteiger partial charge in [-0.05, 0) is 59.2 Å². The molecule has 1 fully saturated rings. The topological polar surface area (TPSA) is 92.6 Å². The quantitative estimate of drug-likeness (QED) is 0.403. The molecule has 2 aromatic rings. The van der Waals surface area contributed by atoms with Gasteiger partial charge in [0.25, 0.3) is 11.6 Å². The van der Waals surface area contributed by atoms with E-state index in [0.717, 1.165) is 24.1 Å². The molecule has 27 heavy (non-hydrogen) atoms. The molecule has 8 heteroatoms. The Bertz CT molecular complexity index is 900. The van der Waals surface area contributed by atoms with Gasteiger partial charge < -0.3 is 10.2 Å². The first-order valence-corrected chi connectivity index (χ1v) is 9.65. The molecule has 0 aliphatic carbocycles. The van der Waals surface area contributed by atoms with Crippen LogP contribution < -0.4 is 10.2 Å². The number of amides is 2. The zero-order valence-electron chi connectivity index (χ0n) is 14.5. The molecule has 0 saturated carbocycles. The zero-order chi connectivity index (χ0) is 19.4. The van der Waals surface area contributed by atoms with Crippen molar-refractivity contribution >= 4 is 45.8 Å². The lowest BCUT2D eigenvalue weighted by Crippen LogP contribution is -2.35. The summed E-state index contributed by atoms with van der Waals surface area (Å²) in [5.41, 5.74) is 1.84. The largest absolute Gasteiger partial charge is 0.348 e. The van der Waals surface area contributed by atoms with Crippen LogP contribution in [-0.4, -0.2) is 23.3 Å². The molecule has 2 amide bonds. The normalized spacial score (nSPS) is 14.1. The van der Waals surface area contributed by atoms with Gasteiger partial charge in [0.1, 0.15) is 0 Å². The fourth-order valence-corrected chi connectivity index (χ4v) is 3.57. The Balaban J connectivity index is 1.71. The van der Waals surface area contributed by atoms with Gasteiger partial charge in [0, 0.05) is 40.9 Å². The SMILES string of the molecule is O=C(NCc1cccc(N2CCCCC2=O)c1)c1cc([N+](=O)[O-])ccc1I. The molecule has 1 heterocycles. The predicted octanol–water partition coefficient (Wildman–Crippen LogP) is 3.65. The minimum Gasteiger partial charge on any atom is -0.348 e. The Kier molecular flexibility index (Phi) is 6.04. The van der Waals surface area contributed by atoms with Crippen LogP contribution >= 0.6 is 22.6 Å². The highest BCUT2D eigenvalue weighted by molar-refractivity contribution is 14.1. The van der Waals surface area contributed by atoms with E-state index in [4.69, 9.17) is 0 Å². The maximum Gasteiger partial charge on any atom is 0.270 e. The van der Waals surface area contributed by atoms with Gasteiger partial charge >= 0.3 is 0 Å². The molecule has 0 unspecified atom stereocenters. The smallest absolute Gasteiger partial charge is 0.270 e. The molecule has 1 aliphatic heterocycles. The number of nitrogens with zero attached hydrogens (tertiary/aromatic N) is 2. The van der Waals surface area contributed by atoms with Gasteiger partial charge in [-0.15, -0.1) is 0 Å². The molecule has 3 rings (SSSR count). The molecule has 0 aromatic heterocycles. The average molecular weight is 479 g/mol. The standard InChI is InChI=1S/C19H18IN3O4/c20-17-8-7-15(23(26)27)11-16(17)19(25)21-12-13-4-3-5-14(10-13)22-9-2-1-6-18(22)24/h3-5,7-8,10-11H,1-2,6,9,12H2,(H,21,25). The number of hydrogen-bond acceptors (Lipinski definition) is 4. The van der Waals surface area contributed by atoms with E-state index in [9.17, 15) is 19.7 Å². The summed E-state index contributed by atoms with van der Waals surface area (Å²) >= 11 is 1.98. The Hall–Kier alpha value is -2.49. The third-order valence-corrected chi connectivity index (χ3v) is 5.34. The van der Waals surface area contributed by atoms with Crippen molar-refractivity contribution in [3.05, 3.63) is 67.3 Å². The molecule has 1 saturated heterocycles. The van der Waals surface area contributed by atoms with Crippen LogP contribution in [0, 0.1) is 13.7 Å². The molecule has 1 N–H and O–H groups in total. The number of carbonyl (C=O) groups is 2. The van der Waals surface area contributed by atoms with Crippen molar-refractivity contribution in [2.24, 2.45) is 0 Å². The second-order valence-corrected chi connectivity index (χ2v) is 7.44. The zero-order valence-corrected chi connectivity index (χ0v) is 16.6. The molecular formula is C19H18IN3O4. The van der Waals surface area contributed by atoms with Crippen LogP contribution in [0.25, 0.3) is 0 Å². The van der Waals surface area contributed by atoms with Crippen molar-refractivity contribution in [1.82, 2.24) is 5.32 Å². The van der Waals surface area contributed by atoms with Gasteiger partial charge in [0.05, 0.1) is 10.5 Å². The highest BCUT2D eigenvalue weighted by Crippen LogP contribution is 2.22. The fraction of sp³-hybridized carbons (Fsp3) is 0.263. The van der Waals surface area contributed by atoms with Crippen molar-refractivity contribution in [2.75, 3.05) is 11.4 Å². The van der Waals surface area contributed by atoms with Crippen LogP contribution in [0.1, 0.15) is 35.2 Å². The lowest BCUT2D eigenvalue weighted by molar-refractivity contribution is -0.384. The minimum absolute atomic E-state index is 0.119. The Morgan fingerprint density at radius 2 is 2.04 bits per heavy atom. The maximum absolute atomic E-state index is 12.4. The van der Waals surface area contributed by atoms with Crippen LogP contribution in [0.15, 0.2) is 42.5 Å². The number of nitro benzene ring substituents is 1. The number of halogens is 1. The average Bonchev–Trinajstić information content (AvgIpc) is 2.67. The van der Waals surface area contributed by atoms with Gasteiger partial charge in [-0.25, -0.2) is 0 Å². The summed E-state index contributed by atoms with van der Waals surface area (Å²) in [7, 11) is 0. The first kappa shape index (κ1) is 19.3. The van der Waals surface area contributed by atoms with Gasteiger partial charge in [-0.3, -0.25) is 19.7 Å². The Morgan fingerprint density at radius 1 is 1.22 bits per heavy atom. The van der Waals surface area contributed by atoms with E-state index in [0.29, 0.717) is 16.5 Å². The molecule has 0 atom stereocenters. The number of piperidine rings is 1. The number of rotatable bonds is 5. The number of carbonyl (C=O) groups excluding carboxylic acids is 2. The van der Waals surface area contributed by atoms with E-state index >= 15 is 0 Å². The second kappa shape index (κ2) is 8.47. The number of nitro groups is 1. The van der Waals surface area contributed by atoms with Crippen LogP contribution in [0.3, 0.4) is 0 Å². The van der Waals surface area contributed by atoms with E-state index in [2.05, 4.69) is 5.32 Å². The summed E-state index contributed by atoms with van der Waals surface area (Å²) in [6, 6.07) is 11.7. The number of nitrogens with one attached hydrogen (secondary N) is 1. The molecule has 0 spiro atoms. The molecule has 0 bridgehead atoms. The summed E-state index contributed by atoms with van der Waals surface area (Å²) in [6.07, 6.45) is 2.47. The minimum atomic E-state index is -0.522. The van der Waals surface area contributed by atoms with Crippen LogP contribution in [-0.2, 0) is 11.3 Å². The number of non-ortho nitro benzene ring substituents is 1. The Labute approximate surface area is 170 Å². The highest BCUT2D eigenvalue weighted by Gasteiger charge is 2.20. The van der Waals surface area contributed by atoms with E-state index in [-0.39, 0.29) is 29.6 Å². The molecule has 0 radical (unpaired) electrons. The van der Waals surface area contributed by atoms with Crippen LogP contribution in [0.5, 0.6) is 0 Å². The van der Waals surface area contributed by atoms with Gasteiger partial charge in [-0.2, -0.15) is 0 Å². The van der Waals surface area contributed by atoms with Crippen molar-refractivity contribution < 1.29 is 14.5 Å². The molecular weight excluding hydrogens is 461 g/mol. The molecule has 1 aliphatic rings. The summed E-state index contributed by atoms with van der Waals surface area (Å²) in [5.74, 6) is -0.254. The summed E-state index contributed by atoms with van der Waals surface area (Å²) in [6.45, 7) is 0.980. The third-order valence-electron chi connectivity index (χ3n) is 4.40. The van der Waals surface area contributed by atoms with Crippen LogP contribution in [0.4, 0.5) is 11.4 Å². The lowest BCUT2D eigenvalue weighted by atomic mass is 10.1. The van der Waals surface area contributed by atoms with Gasteiger partial charge in [0.2, 0.25) is 5.91 Å². The first-order valence-electron chi connectivity index (χ1n) is 8.57. The van der Waals surface area contributed by atoms with Crippen molar-refractivity contribution in [3.63, 3.8) is 0 Å². The second-order valence-electron chi connectivity index (χ2n) is 6.28. The monoisotopic (exact) mass is 479 g/mol. The van der Waals surface area contributed by atoms with E-state index in [1.165, 1.54) is 12.1 Å². The Morgan fingerprint density at radius 3 is 2.78 bits per heavy atom. The fourth-order valence-electron chi connectivity index (χ4n) is 2.99. The van der Waals surface area contributed by atoms with Crippen LogP contribution in [0.2, 0.25) is 0 Å².